The molecule has 4 amide bonds. The number of nitrogens with one attached hydrogen (secondary N) is 4. The molecule has 12 N–H and O–H groups in total. The van der Waals surface area contributed by atoms with Gasteiger partial charge in [-0.2, -0.15) is 0 Å². The molecule has 366 valence electrons. The third kappa shape index (κ3) is 13.8. The first-order chi connectivity index (χ1) is 30.6. The molecule has 4 rings (SSSR count). The Morgan fingerprint density at radius 3 is 1.92 bits per heavy atom. The zero-order valence-electron chi connectivity index (χ0n) is 36.8. The predicted molar refractivity (Wildman–Crippen MR) is 209 cm³/mol. The zero-order valence-corrected chi connectivity index (χ0v) is 38.8. The first-order valence-corrected chi connectivity index (χ1v) is 20.3. The fraction of sp³-hybridized carbons (Fsp3) is 0.692. The molecular weight excluding hydrogens is 899 g/mol. The molecule has 3 fully saturated rings. The van der Waals surface area contributed by atoms with E-state index in [0.717, 1.165) is 27.9 Å². The summed E-state index contributed by atoms with van der Waals surface area (Å²) in [5, 5.41) is 111. The molecule has 27 heteroatoms. The van der Waals surface area contributed by atoms with E-state index in [0.29, 0.717) is 0 Å². The van der Waals surface area contributed by atoms with Gasteiger partial charge < -0.3 is 105 Å². The van der Waals surface area contributed by atoms with Gasteiger partial charge in [0.05, 0.1) is 44.7 Å². The SMILES string of the molecule is COC(=O)[C@@H](NC(C)=O)[C@@H](C)O[C@H]1O[C@H](CO)[C@H](O)[C@H](O[C@@H]2O[C@H](CO)[C@H](O)[C@H](O[C@]3(C(=O)[O-])C[C@H](O)[C@@H](NC(C)=O)[C@H]([C@H](O)[C@H](O)CNC(=O)c4ccccc4)O3)[C@H]2O)[C@H]1NC(C)=O.[Na+]. The minimum atomic E-state index is -3.26. The summed E-state index contributed by atoms with van der Waals surface area (Å²) in [5.41, 5.74) is 0.177. The van der Waals surface area contributed by atoms with Crippen molar-refractivity contribution in [1.82, 2.24) is 21.3 Å². The van der Waals surface area contributed by atoms with Crippen LogP contribution in [0.4, 0.5) is 0 Å². The van der Waals surface area contributed by atoms with Crippen LogP contribution in [0.2, 0.25) is 0 Å². The smallest absolute Gasteiger partial charge is 0.544 e. The minimum absolute atomic E-state index is 0. The number of hydrogen-bond acceptors (Lipinski definition) is 22. The van der Waals surface area contributed by atoms with Gasteiger partial charge in [-0.3, -0.25) is 19.2 Å². The van der Waals surface area contributed by atoms with Crippen LogP contribution in [0.1, 0.15) is 44.5 Å². The molecule has 3 saturated heterocycles. The topological polar surface area (TPSA) is 400 Å². The van der Waals surface area contributed by atoms with Gasteiger partial charge in [0.1, 0.15) is 66.9 Å². The van der Waals surface area contributed by atoms with Crippen molar-refractivity contribution in [2.45, 2.75) is 144 Å². The minimum Gasteiger partial charge on any atom is -0.544 e. The van der Waals surface area contributed by atoms with Crippen molar-refractivity contribution in [2.75, 3.05) is 26.9 Å². The van der Waals surface area contributed by atoms with Crippen LogP contribution >= 0.6 is 0 Å². The van der Waals surface area contributed by atoms with E-state index in [2.05, 4.69) is 21.3 Å². The maximum Gasteiger partial charge on any atom is 1.00 e. The number of esters is 1. The van der Waals surface area contributed by atoms with Crippen molar-refractivity contribution in [1.29, 1.82) is 0 Å². The number of carbonyl (C=O) groups is 6. The summed E-state index contributed by atoms with van der Waals surface area (Å²) < 4.78 is 39.4. The monoisotopic (exact) mass is 956 g/mol. The molecule has 0 bridgehead atoms. The van der Waals surface area contributed by atoms with Crippen LogP contribution in [0.3, 0.4) is 0 Å². The first-order valence-electron chi connectivity index (χ1n) is 20.3. The van der Waals surface area contributed by atoms with Crippen LogP contribution in [-0.2, 0) is 57.1 Å². The number of carboxylic acids is 1. The third-order valence-electron chi connectivity index (χ3n) is 10.8. The predicted octanol–water partition coefficient (Wildman–Crippen LogP) is -10.9. The average Bonchev–Trinajstić information content (AvgIpc) is 3.26. The molecule has 0 unspecified atom stereocenters. The second kappa shape index (κ2) is 25.2. The normalized spacial score (nSPS) is 33.9. The van der Waals surface area contributed by atoms with Crippen molar-refractivity contribution >= 4 is 35.6 Å². The van der Waals surface area contributed by atoms with Gasteiger partial charge in [0.15, 0.2) is 18.6 Å². The zero-order chi connectivity index (χ0) is 48.5. The Bertz CT molecular complexity index is 1800. The summed E-state index contributed by atoms with van der Waals surface area (Å²) in [6.07, 6.45) is -28.6. The number of benzene rings is 1. The van der Waals surface area contributed by atoms with E-state index in [1.165, 1.54) is 19.1 Å². The number of aliphatic carboxylic acids is 1. The number of hydrogen-bond donors (Lipinski definition) is 12. The molecule has 0 aromatic heterocycles. The molecule has 0 saturated carbocycles. The van der Waals surface area contributed by atoms with Crippen molar-refractivity contribution in [3.8, 4) is 0 Å². The molecule has 1 aromatic rings. The van der Waals surface area contributed by atoms with E-state index in [4.69, 9.17) is 33.2 Å². The van der Waals surface area contributed by atoms with E-state index in [-0.39, 0.29) is 35.1 Å². The number of methoxy groups -OCH3 is 1. The van der Waals surface area contributed by atoms with Gasteiger partial charge in [-0.15, -0.1) is 0 Å². The summed E-state index contributed by atoms with van der Waals surface area (Å²) in [6.45, 7) is 1.80. The Balaban J connectivity index is 0.0000116. The number of carbonyl (C=O) groups excluding carboxylic acids is 6. The van der Waals surface area contributed by atoms with Gasteiger partial charge >= 0.3 is 35.5 Å². The quantitative estimate of drug-likeness (QED) is 0.0452. The van der Waals surface area contributed by atoms with E-state index in [1.807, 2.05) is 0 Å². The molecular formula is C39H57N4NaO22. The van der Waals surface area contributed by atoms with Crippen molar-refractivity contribution in [3.05, 3.63) is 35.9 Å². The van der Waals surface area contributed by atoms with Crippen LogP contribution in [-0.4, -0.2) is 213 Å². The van der Waals surface area contributed by atoms with Crippen LogP contribution in [0, 0.1) is 0 Å². The number of aliphatic hydroxyl groups excluding tert-OH is 8. The molecule has 3 aliphatic rings. The fourth-order valence-corrected chi connectivity index (χ4v) is 7.56. The van der Waals surface area contributed by atoms with Crippen LogP contribution in [0.15, 0.2) is 30.3 Å². The Kier molecular flexibility index (Phi) is 21.7. The largest absolute Gasteiger partial charge is 1.00 e. The maximum absolute atomic E-state index is 13.0. The van der Waals surface area contributed by atoms with E-state index in [9.17, 15) is 74.7 Å². The van der Waals surface area contributed by atoms with Crippen LogP contribution < -0.4 is 55.9 Å². The van der Waals surface area contributed by atoms with Gasteiger partial charge in [0.25, 0.3) is 5.91 Å². The summed E-state index contributed by atoms with van der Waals surface area (Å²) in [5.74, 6) is -9.44. The molecule has 3 aliphatic heterocycles. The molecule has 1 aromatic carbocycles. The number of aliphatic hydroxyl groups is 8. The third-order valence-corrected chi connectivity index (χ3v) is 10.8. The van der Waals surface area contributed by atoms with Crippen LogP contribution in [0.25, 0.3) is 0 Å². The van der Waals surface area contributed by atoms with Gasteiger partial charge in [-0.25, -0.2) is 4.79 Å². The molecule has 3 heterocycles. The van der Waals surface area contributed by atoms with Crippen molar-refractivity contribution in [2.24, 2.45) is 0 Å². The Labute approximate surface area is 399 Å². The van der Waals surface area contributed by atoms with Gasteiger partial charge in [-0.05, 0) is 19.1 Å². The number of rotatable bonds is 19. The summed E-state index contributed by atoms with van der Waals surface area (Å²) >= 11 is 0. The summed E-state index contributed by atoms with van der Waals surface area (Å²) in [7, 11) is 1.04. The standard InChI is InChI=1S/C39H58N4O22.Na/c1-15(24(35(56)59-5)41-16(2)46)60-36-26(43-18(4)48)31(28(52)22(13-44)61-36)63-37-30(54)33(29(53)23(14-45)62-37)65-39(38(57)58)11-20(49)25(42-17(3)47)32(64-39)27(51)21(50)12-40-34(55)19-9-7-6-8-10-19;/h6-10,15,20-33,36-37,44-45,49-54H,11-14H2,1-5H3,(H,40,55)(H,41,46)(H,42,47)(H,43,48)(H,57,58);/q;+1/p-1/t15-,20+,21-,22-,23-,24+,25-,26-,27-,28+,29+,30-,31-,32-,33+,36+,37+,39+;/m1./s1. The van der Waals surface area contributed by atoms with E-state index in [1.54, 1.807) is 18.2 Å². The average molecular weight is 957 g/mol. The van der Waals surface area contributed by atoms with Crippen molar-refractivity contribution < 1.29 is 137 Å². The van der Waals surface area contributed by atoms with Gasteiger partial charge in [0.2, 0.25) is 23.5 Å². The molecule has 18 atom stereocenters. The number of carboxylic acid groups (broad SMARTS) is 1. The molecule has 66 heavy (non-hydrogen) atoms. The Morgan fingerprint density at radius 2 is 1.39 bits per heavy atom. The van der Waals surface area contributed by atoms with Crippen LogP contribution in [0.5, 0.6) is 0 Å². The van der Waals surface area contributed by atoms with E-state index < -0.39 is 171 Å². The number of ether oxygens (including phenoxy) is 7. The van der Waals surface area contributed by atoms with E-state index >= 15 is 0 Å². The van der Waals surface area contributed by atoms with Crippen molar-refractivity contribution in [3.63, 3.8) is 0 Å². The molecule has 0 aliphatic carbocycles. The summed E-state index contributed by atoms with van der Waals surface area (Å²) in [4.78, 5) is 74.9. The molecule has 0 spiro atoms. The van der Waals surface area contributed by atoms with Gasteiger partial charge in [-0.1, -0.05) is 18.2 Å². The summed E-state index contributed by atoms with van der Waals surface area (Å²) in [6, 6.07) is 2.95. The number of amides is 4. The Hall–Kier alpha value is -3.52. The first kappa shape index (κ1) is 56.8. The Morgan fingerprint density at radius 1 is 0.833 bits per heavy atom. The maximum atomic E-state index is 13.0. The molecule has 26 nitrogen and oxygen atoms in total. The second-order valence-electron chi connectivity index (χ2n) is 15.6. The fourth-order valence-electron chi connectivity index (χ4n) is 7.56. The molecule has 0 radical (unpaired) electrons. The van der Waals surface area contributed by atoms with Gasteiger partial charge in [0, 0.05) is 39.3 Å². The second-order valence-corrected chi connectivity index (χ2v) is 15.6.